The molecule has 12 heteroatoms. The van der Waals surface area contributed by atoms with Gasteiger partial charge in [0.2, 0.25) is 20.0 Å². The molecule has 0 saturated heterocycles. The van der Waals surface area contributed by atoms with Crippen LogP contribution in [0.15, 0.2) is 46.2 Å². The molecule has 0 aromatic heterocycles. The number of nitrogens with one attached hydrogen (secondary N) is 2. The fourth-order valence-corrected chi connectivity index (χ4v) is 5.48. The van der Waals surface area contributed by atoms with Crippen LogP contribution >= 0.6 is 46.4 Å². The van der Waals surface area contributed by atoms with Crippen LogP contribution in [-0.4, -0.2) is 29.9 Å². The first kappa shape index (κ1) is 21.7. The highest BCUT2D eigenvalue weighted by molar-refractivity contribution is 7.90. The van der Waals surface area contributed by atoms with E-state index >= 15 is 0 Å². The zero-order valence-corrected chi connectivity index (χ0v) is 17.5. The van der Waals surface area contributed by atoms with Crippen LogP contribution in [-0.2, 0) is 20.0 Å². The van der Waals surface area contributed by atoms with E-state index in [1.54, 1.807) is 0 Å². The first-order valence-electron chi connectivity index (χ1n) is 6.92. The number of hydrogen-bond donors (Lipinski definition) is 2. The zero-order chi connectivity index (χ0) is 19.5. The summed E-state index contributed by atoms with van der Waals surface area (Å²) in [4.78, 5) is -0.403. The molecule has 0 radical (unpaired) electrons. The molecular formula is C14H12Cl4N2O4S2. The Morgan fingerprint density at radius 2 is 1.00 bits per heavy atom. The van der Waals surface area contributed by atoms with Crippen molar-refractivity contribution in [2.45, 2.75) is 9.79 Å². The second-order valence-corrected chi connectivity index (χ2v) is 10.1. The van der Waals surface area contributed by atoms with E-state index < -0.39 is 20.0 Å². The highest BCUT2D eigenvalue weighted by Crippen LogP contribution is 2.25. The Bertz CT molecular complexity index is 944. The molecule has 0 atom stereocenters. The minimum atomic E-state index is -3.96. The van der Waals surface area contributed by atoms with Gasteiger partial charge in [-0.25, -0.2) is 26.3 Å². The van der Waals surface area contributed by atoms with Crippen LogP contribution in [0.4, 0.5) is 0 Å². The molecule has 0 spiro atoms. The molecule has 2 aromatic carbocycles. The normalized spacial score (nSPS) is 12.3. The molecule has 0 aliphatic heterocycles. The first-order valence-corrected chi connectivity index (χ1v) is 11.4. The summed E-state index contributed by atoms with van der Waals surface area (Å²) in [5.74, 6) is 0. The predicted molar refractivity (Wildman–Crippen MR) is 103 cm³/mol. The molecule has 0 aliphatic rings. The van der Waals surface area contributed by atoms with E-state index in [1.165, 1.54) is 36.4 Å². The van der Waals surface area contributed by atoms with Gasteiger partial charge in [0, 0.05) is 23.1 Å². The molecule has 2 N–H and O–H groups in total. The van der Waals surface area contributed by atoms with Gasteiger partial charge >= 0.3 is 0 Å². The summed E-state index contributed by atoms with van der Waals surface area (Å²) in [6.45, 7) is -0.439. The van der Waals surface area contributed by atoms with E-state index in [2.05, 4.69) is 9.44 Å². The number of halogens is 4. The van der Waals surface area contributed by atoms with Crippen molar-refractivity contribution >= 4 is 66.5 Å². The Morgan fingerprint density at radius 3 is 1.35 bits per heavy atom. The smallest absolute Gasteiger partial charge is 0.210 e. The van der Waals surface area contributed by atoms with Crippen molar-refractivity contribution in [1.82, 2.24) is 9.44 Å². The van der Waals surface area contributed by atoms with Crippen molar-refractivity contribution < 1.29 is 16.8 Å². The van der Waals surface area contributed by atoms with Crippen LogP contribution in [0.2, 0.25) is 20.1 Å². The largest absolute Gasteiger partial charge is 0.242 e. The molecule has 26 heavy (non-hydrogen) atoms. The standard InChI is InChI=1S/C14H12Cl4N2O4S2/c15-9-1-3-11(17)13(7-9)25(21,22)19-5-6-20-26(23,24)14-8-10(16)2-4-12(14)18/h1-4,7-8,19-20H,5-6H2. The molecule has 6 nitrogen and oxygen atoms in total. The third-order valence-corrected chi connectivity index (χ3v) is 7.43. The van der Waals surface area contributed by atoms with Gasteiger partial charge < -0.3 is 0 Å². The Balaban J connectivity index is 2.04. The maximum Gasteiger partial charge on any atom is 0.242 e. The van der Waals surface area contributed by atoms with Crippen molar-refractivity contribution in [2.24, 2.45) is 0 Å². The van der Waals surface area contributed by atoms with Gasteiger partial charge in [-0.15, -0.1) is 0 Å². The molecule has 0 fully saturated rings. The summed E-state index contributed by atoms with van der Waals surface area (Å²) >= 11 is 23.3. The SMILES string of the molecule is O=S(=O)(NCCNS(=O)(=O)c1cc(Cl)ccc1Cl)c1cc(Cl)ccc1Cl. The van der Waals surface area contributed by atoms with Gasteiger partial charge in [-0.2, -0.15) is 0 Å². The number of rotatable bonds is 7. The summed E-state index contributed by atoms with van der Waals surface area (Å²) in [7, 11) is -7.92. The lowest BCUT2D eigenvalue weighted by molar-refractivity contribution is 0.570. The van der Waals surface area contributed by atoms with Gasteiger partial charge in [-0.3, -0.25) is 0 Å². The molecule has 2 rings (SSSR count). The summed E-state index contributed by atoms with van der Waals surface area (Å²) in [5, 5.41) is 0.388. The van der Waals surface area contributed by atoms with E-state index in [0.29, 0.717) is 0 Å². The van der Waals surface area contributed by atoms with Crippen molar-refractivity contribution in [2.75, 3.05) is 13.1 Å². The first-order chi connectivity index (χ1) is 12.0. The Kier molecular flexibility index (Phi) is 7.20. The van der Waals surface area contributed by atoms with Gasteiger partial charge in [0.25, 0.3) is 0 Å². The van der Waals surface area contributed by atoms with Gasteiger partial charge in [0.1, 0.15) is 9.79 Å². The van der Waals surface area contributed by atoms with Crippen molar-refractivity contribution in [3.05, 3.63) is 56.5 Å². The summed E-state index contributed by atoms with van der Waals surface area (Å²) in [5.41, 5.74) is 0. The van der Waals surface area contributed by atoms with E-state index in [1.807, 2.05) is 0 Å². The predicted octanol–water partition coefficient (Wildman–Crippen LogP) is 3.56. The lowest BCUT2D eigenvalue weighted by Gasteiger charge is -2.11. The van der Waals surface area contributed by atoms with E-state index in [-0.39, 0.29) is 43.0 Å². The lowest BCUT2D eigenvalue weighted by atomic mass is 10.4. The van der Waals surface area contributed by atoms with Gasteiger partial charge in [-0.05, 0) is 36.4 Å². The maximum absolute atomic E-state index is 12.2. The Labute approximate surface area is 171 Å². The number of hydrogen-bond acceptors (Lipinski definition) is 4. The van der Waals surface area contributed by atoms with Gasteiger partial charge in [0.15, 0.2) is 0 Å². The van der Waals surface area contributed by atoms with E-state index in [9.17, 15) is 16.8 Å². The lowest BCUT2D eigenvalue weighted by Crippen LogP contribution is -2.35. The van der Waals surface area contributed by atoms with Crippen LogP contribution in [0.1, 0.15) is 0 Å². The molecule has 0 saturated carbocycles. The third-order valence-electron chi connectivity index (χ3n) is 3.07. The monoisotopic (exact) mass is 476 g/mol. The van der Waals surface area contributed by atoms with Crippen molar-refractivity contribution in [1.29, 1.82) is 0 Å². The highest BCUT2D eigenvalue weighted by atomic mass is 35.5. The molecule has 0 amide bonds. The maximum atomic E-state index is 12.2. The number of sulfonamides is 2. The Morgan fingerprint density at radius 1 is 0.654 bits per heavy atom. The summed E-state index contributed by atoms with van der Waals surface area (Å²) in [6.07, 6.45) is 0. The molecule has 142 valence electrons. The molecule has 0 bridgehead atoms. The molecule has 0 heterocycles. The van der Waals surface area contributed by atoms with Crippen molar-refractivity contribution in [3.8, 4) is 0 Å². The topological polar surface area (TPSA) is 92.3 Å². The van der Waals surface area contributed by atoms with Gasteiger partial charge in [-0.1, -0.05) is 46.4 Å². The van der Waals surface area contributed by atoms with Crippen LogP contribution in [0.5, 0.6) is 0 Å². The highest BCUT2D eigenvalue weighted by Gasteiger charge is 2.20. The van der Waals surface area contributed by atoms with Crippen LogP contribution in [0.3, 0.4) is 0 Å². The second kappa shape index (κ2) is 8.62. The number of benzene rings is 2. The van der Waals surface area contributed by atoms with E-state index in [4.69, 9.17) is 46.4 Å². The fourth-order valence-electron chi connectivity index (χ4n) is 1.89. The average Bonchev–Trinajstić information content (AvgIpc) is 2.56. The summed E-state index contributed by atoms with van der Waals surface area (Å²) < 4.78 is 53.4. The molecule has 2 aromatic rings. The van der Waals surface area contributed by atoms with Crippen molar-refractivity contribution in [3.63, 3.8) is 0 Å². The zero-order valence-electron chi connectivity index (χ0n) is 12.8. The average molecular weight is 478 g/mol. The fraction of sp³-hybridized carbons (Fsp3) is 0.143. The summed E-state index contributed by atoms with van der Waals surface area (Å²) in [6, 6.07) is 7.99. The van der Waals surface area contributed by atoms with Crippen LogP contribution in [0.25, 0.3) is 0 Å². The molecule has 0 unspecified atom stereocenters. The van der Waals surface area contributed by atoms with Crippen LogP contribution < -0.4 is 9.44 Å². The minimum absolute atomic E-state index is 0.00631. The second-order valence-electron chi connectivity index (χ2n) is 4.95. The quantitative estimate of drug-likeness (QED) is 0.596. The van der Waals surface area contributed by atoms with Crippen LogP contribution in [0, 0.1) is 0 Å². The Hall–Kier alpha value is -0.580. The minimum Gasteiger partial charge on any atom is -0.210 e. The van der Waals surface area contributed by atoms with Gasteiger partial charge in [0.05, 0.1) is 10.0 Å². The molecule has 0 aliphatic carbocycles. The third kappa shape index (κ3) is 5.46. The molecular weight excluding hydrogens is 466 g/mol. The van der Waals surface area contributed by atoms with E-state index in [0.717, 1.165) is 0 Å².